The maximum Gasteiger partial charge on any atom is 0.0600 e. The molecule has 0 aromatic rings. The van der Waals surface area contributed by atoms with Crippen LogP contribution in [0, 0.1) is 61.8 Å². The Morgan fingerprint density at radius 1 is 1.42 bits per heavy atom. The third-order valence-corrected chi connectivity index (χ3v) is 4.47. The molecule has 0 amide bonds. The van der Waals surface area contributed by atoms with Crippen LogP contribution in [0.2, 0.25) is 0 Å². The summed E-state index contributed by atoms with van der Waals surface area (Å²) in [5, 5.41) is 13.7. The molecule has 5 atom stereocenters. The molecule has 1 saturated carbocycles. The number of allylic oxidation sites excluding steroid dienone is 1. The zero-order valence-electron chi connectivity index (χ0n) is 12.8. The maximum atomic E-state index is 10.4. The fourth-order valence-corrected chi connectivity index (χ4v) is 3.36. The molecule has 1 fully saturated rings. The Morgan fingerprint density at radius 3 is 2.37 bits per heavy atom. The van der Waals surface area contributed by atoms with E-state index in [0.29, 0.717) is 5.92 Å². The minimum atomic E-state index is -0.357. The van der Waals surface area contributed by atoms with E-state index in [4.69, 9.17) is 5.73 Å². The van der Waals surface area contributed by atoms with Gasteiger partial charge in [-0.25, -0.2) is 0 Å². The predicted molar refractivity (Wildman–Crippen MR) is 77.2 cm³/mol. The number of rotatable bonds is 6. The van der Waals surface area contributed by atoms with Crippen LogP contribution in [0.4, 0.5) is 0 Å². The van der Waals surface area contributed by atoms with E-state index in [-0.39, 0.29) is 74.1 Å². The van der Waals surface area contributed by atoms with Gasteiger partial charge in [0.05, 0.1) is 6.10 Å². The first-order valence-corrected chi connectivity index (χ1v) is 7.23. The second kappa shape index (κ2) is 9.03. The summed E-state index contributed by atoms with van der Waals surface area (Å²) in [6.45, 7) is 12.2. The van der Waals surface area contributed by atoms with E-state index in [1.165, 1.54) is 0 Å². The summed E-state index contributed by atoms with van der Waals surface area (Å²) in [6, 6.07) is 0.0207. The van der Waals surface area contributed by atoms with Gasteiger partial charge in [-0.1, -0.05) is 46.1 Å². The Labute approximate surface area is 154 Å². The molecule has 3 nitrogen and oxygen atoms in total. The Bertz CT molecular complexity index is 281. The van der Waals surface area contributed by atoms with Crippen LogP contribution in [0.25, 0.3) is 5.73 Å². The van der Waals surface area contributed by atoms with Gasteiger partial charge in [-0.05, 0) is 25.2 Å². The fraction of sp³-hybridized carbons (Fsp3) is 0.867. The normalized spacial score (nSPS) is 31.9. The van der Waals surface area contributed by atoms with E-state index in [9.17, 15) is 5.11 Å². The van der Waals surface area contributed by atoms with E-state index in [0.717, 1.165) is 25.0 Å². The van der Waals surface area contributed by atoms with Crippen LogP contribution in [-0.4, -0.2) is 23.3 Å². The predicted octanol–water partition coefficient (Wildman–Crippen LogP) is 3.35. The number of hydrogen-bond donors (Lipinski definition) is 2. The molecule has 0 heterocycles. The van der Waals surface area contributed by atoms with Gasteiger partial charge >= 0.3 is 0 Å². The first kappa shape index (κ1) is 19.9. The quantitative estimate of drug-likeness (QED) is 0.613. The van der Waals surface area contributed by atoms with E-state index in [1.54, 1.807) is 0 Å². The van der Waals surface area contributed by atoms with Crippen LogP contribution in [-0.2, 0) is 0 Å². The van der Waals surface area contributed by atoms with Crippen molar-refractivity contribution in [1.82, 2.24) is 5.32 Å². The second-order valence-corrected chi connectivity index (χ2v) is 5.91. The Hall–Kier alpha value is 0.902. The van der Waals surface area contributed by atoms with Gasteiger partial charge in [0.1, 0.15) is 0 Å². The van der Waals surface area contributed by atoms with Gasteiger partial charge < -0.3 is 16.2 Å². The van der Waals surface area contributed by atoms with Crippen LogP contribution < -0.4 is 5.32 Å². The molecule has 3 N–H and O–H groups in total. The molecule has 4 heteroatoms. The first-order chi connectivity index (χ1) is 8.42. The minimum Gasteiger partial charge on any atom is -0.674 e. The first-order valence-electron chi connectivity index (χ1n) is 7.23. The van der Waals surface area contributed by atoms with Crippen molar-refractivity contribution in [2.75, 3.05) is 0 Å². The van der Waals surface area contributed by atoms with E-state index in [1.807, 2.05) is 6.92 Å². The topological polar surface area (TPSA) is 56.1 Å². The SMILES string of the molecule is C=C(C)NC1CC(C)C(O)C1C([NH-])C(CC)CC.[Ac]. The summed E-state index contributed by atoms with van der Waals surface area (Å²) < 4.78 is 0. The van der Waals surface area contributed by atoms with Gasteiger partial charge in [0.2, 0.25) is 0 Å². The summed E-state index contributed by atoms with van der Waals surface area (Å²) in [5.74, 6) is 0.681. The summed E-state index contributed by atoms with van der Waals surface area (Å²) >= 11 is 0. The van der Waals surface area contributed by atoms with E-state index < -0.39 is 0 Å². The van der Waals surface area contributed by atoms with Gasteiger partial charge in [0, 0.05) is 55.8 Å². The Kier molecular flexibility index (Phi) is 9.46. The van der Waals surface area contributed by atoms with Gasteiger partial charge in [-0.2, -0.15) is 0 Å². The smallest absolute Gasteiger partial charge is 0.0600 e. The molecule has 0 saturated heterocycles. The van der Waals surface area contributed by atoms with E-state index >= 15 is 0 Å². The molecule has 0 aromatic carbocycles. The average Bonchev–Trinajstić information content (AvgIpc) is 2.55. The van der Waals surface area contributed by atoms with Crippen molar-refractivity contribution < 1.29 is 49.2 Å². The second-order valence-electron chi connectivity index (χ2n) is 5.91. The molecule has 1 aliphatic rings. The van der Waals surface area contributed by atoms with Crippen LogP contribution in [0.3, 0.4) is 0 Å². The van der Waals surface area contributed by atoms with Crippen molar-refractivity contribution in [1.29, 1.82) is 0 Å². The standard InChI is InChI=1S/C15H29N2O.Ac/c1-6-11(7-2)14(16)13-12(17-9(3)4)8-10(5)15(13)18;/h10-18H,3,6-8H2,1-2,4-5H3;/q-1;. The van der Waals surface area contributed by atoms with Crippen LogP contribution in [0.15, 0.2) is 12.3 Å². The molecule has 1 aliphatic carbocycles. The number of aliphatic hydroxyl groups excluding tert-OH is 1. The summed E-state index contributed by atoms with van der Waals surface area (Å²) in [4.78, 5) is 0. The zero-order valence-corrected chi connectivity index (χ0v) is 17.6. The van der Waals surface area contributed by atoms with Gasteiger partial charge in [0.15, 0.2) is 0 Å². The maximum absolute atomic E-state index is 10.4. The largest absolute Gasteiger partial charge is 0.674 e. The zero-order chi connectivity index (χ0) is 13.9. The molecule has 1 rings (SSSR count). The minimum absolute atomic E-state index is 0. The van der Waals surface area contributed by atoms with Crippen LogP contribution in [0.1, 0.15) is 47.0 Å². The monoisotopic (exact) mass is 480 g/mol. The summed E-state index contributed by atoms with van der Waals surface area (Å²) in [6.07, 6.45) is 2.61. The van der Waals surface area contributed by atoms with Gasteiger partial charge in [0.25, 0.3) is 0 Å². The average molecular weight is 480 g/mol. The Balaban J connectivity index is 0.00000324. The Morgan fingerprint density at radius 2 is 1.95 bits per heavy atom. The molecule has 0 bridgehead atoms. The van der Waals surface area contributed by atoms with Crippen molar-refractivity contribution in [3.05, 3.63) is 18.0 Å². The number of nitrogens with one attached hydrogen (secondary N) is 2. The number of aliphatic hydroxyl groups is 1. The molecular weight excluding hydrogens is 451 g/mol. The molecule has 1 radical (unpaired) electrons. The molecule has 19 heavy (non-hydrogen) atoms. The molecule has 0 aromatic heterocycles. The molecule has 0 aliphatic heterocycles. The fourth-order valence-electron chi connectivity index (χ4n) is 3.36. The van der Waals surface area contributed by atoms with E-state index in [2.05, 4.69) is 32.7 Å². The summed E-state index contributed by atoms with van der Waals surface area (Å²) in [5.41, 5.74) is 9.43. The van der Waals surface area contributed by atoms with Crippen LogP contribution in [0.5, 0.6) is 0 Å². The molecular formula is C15H29AcN2O-. The van der Waals surface area contributed by atoms with Gasteiger partial charge in [-0.15, -0.1) is 6.04 Å². The third-order valence-electron chi connectivity index (χ3n) is 4.47. The molecule has 5 unspecified atom stereocenters. The van der Waals surface area contributed by atoms with Crippen LogP contribution >= 0.6 is 0 Å². The van der Waals surface area contributed by atoms with Crippen molar-refractivity contribution >= 4 is 0 Å². The van der Waals surface area contributed by atoms with Gasteiger partial charge in [-0.3, -0.25) is 0 Å². The van der Waals surface area contributed by atoms with Crippen molar-refractivity contribution in [2.45, 2.75) is 65.1 Å². The third kappa shape index (κ3) is 4.99. The van der Waals surface area contributed by atoms with Crippen molar-refractivity contribution in [3.63, 3.8) is 0 Å². The molecule has 109 valence electrons. The van der Waals surface area contributed by atoms with Crippen molar-refractivity contribution in [3.8, 4) is 0 Å². The molecule has 0 spiro atoms. The summed E-state index contributed by atoms with van der Waals surface area (Å²) in [7, 11) is 0. The van der Waals surface area contributed by atoms with Crippen molar-refractivity contribution in [2.24, 2.45) is 17.8 Å². The number of hydrogen-bond acceptors (Lipinski definition) is 2.